The lowest BCUT2D eigenvalue weighted by atomic mass is 9.92. The molecule has 0 fully saturated rings. The van der Waals surface area contributed by atoms with Gasteiger partial charge in [-0.1, -0.05) is 26.8 Å². The highest BCUT2D eigenvalue weighted by atomic mass is 16.5. The molecule has 1 heterocycles. The van der Waals surface area contributed by atoms with Crippen molar-refractivity contribution in [2.24, 2.45) is 5.41 Å². The van der Waals surface area contributed by atoms with Crippen LogP contribution in [-0.2, 0) is 17.8 Å². The normalized spacial score (nSPS) is 14.3. The van der Waals surface area contributed by atoms with Crippen molar-refractivity contribution in [3.05, 3.63) is 52.6 Å². The molecule has 31 heavy (non-hydrogen) atoms. The van der Waals surface area contributed by atoms with Crippen LogP contribution in [-0.4, -0.2) is 18.6 Å². The molecule has 0 saturated carbocycles. The van der Waals surface area contributed by atoms with Crippen LogP contribution in [0.2, 0.25) is 0 Å². The molecule has 2 aromatic carbocycles. The van der Waals surface area contributed by atoms with Crippen molar-refractivity contribution < 1.29 is 9.53 Å². The number of aryl methyl sites for hydroxylation is 3. The maximum absolute atomic E-state index is 12.5. The number of carbonyl (C=O) groups is 1. The van der Waals surface area contributed by atoms with Crippen LogP contribution in [0.1, 0.15) is 69.7 Å². The lowest BCUT2D eigenvalue weighted by Crippen LogP contribution is -2.23. The second-order valence-corrected chi connectivity index (χ2v) is 10.4. The predicted molar refractivity (Wildman–Crippen MR) is 130 cm³/mol. The molecule has 4 heteroatoms. The van der Waals surface area contributed by atoms with Gasteiger partial charge >= 0.3 is 0 Å². The zero-order valence-electron chi connectivity index (χ0n) is 20.3. The van der Waals surface area contributed by atoms with E-state index in [-0.39, 0.29) is 17.4 Å². The van der Waals surface area contributed by atoms with Crippen molar-refractivity contribution in [1.82, 2.24) is 0 Å². The molecule has 1 aliphatic heterocycles. The Labute approximate surface area is 188 Å². The van der Waals surface area contributed by atoms with Gasteiger partial charge in [0.05, 0.1) is 6.10 Å². The number of carbonyl (C=O) groups excluding carboxylic acids is 1. The van der Waals surface area contributed by atoms with E-state index in [0.717, 1.165) is 48.5 Å². The molecular formula is C27H38N2O2. The SMILES string of the molecule is Cc1cc(N2CCCc3cc(OC(C)C)ccc3C2)cc(C)c1NC(=O)CC(C)(C)C. The molecule has 0 unspecified atom stereocenters. The summed E-state index contributed by atoms with van der Waals surface area (Å²) in [5.41, 5.74) is 7.13. The molecule has 0 bridgehead atoms. The van der Waals surface area contributed by atoms with Crippen LogP contribution in [0.4, 0.5) is 11.4 Å². The molecule has 0 saturated heterocycles. The van der Waals surface area contributed by atoms with Crippen molar-refractivity contribution in [2.45, 2.75) is 80.4 Å². The summed E-state index contributed by atoms with van der Waals surface area (Å²) in [6, 6.07) is 10.9. The molecular weight excluding hydrogens is 384 g/mol. The van der Waals surface area contributed by atoms with Crippen LogP contribution in [0.15, 0.2) is 30.3 Å². The first-order valence-electron chi connectivity index (χ1n) is 11.5. The van der Waals surface area contributed by atoms with E-state index in [2.05, 4.69) is 89.0 Å². The molecule has 0 aliphatic carbocycles. The maximum Gasteiger partial charge on any atom is 0.224 e. The summed E-state index contributed by atoms with van der Waals surface area (Å²) in [4.78, 5) is 14.9. The summed E-state index contributed by atoms with van der Waals surface area (Å²) in [7, 11) is 0. The number of anilines is 2. The van der Waals surface area contributed by atoms with Crippen molar-refractivity contribution >= 4 is 17.3 Å². The van der Waals surface area contributed by atoms with E-state index in [1.807, 2.05) is 0 Å². The Hall–Kier alpha value is -2.49. The number of rotatable bonds is 5. The zero-order valence-corrected chi connectivity index (χ0v) is 20.3. The number of nitrogens with one attached hydrogen (secondary N) is 1. The average molecular weight is 423 g/mol. The van der Waals surface area contributed by atoms with Gasteiger partial charge in [0.25, 0.3) is 0 Å². The van der Waals surface area contributed by atoms with Crippen LogP contribution in [0.5, 0.6) is 5.75 Å². The maximum atomic E-state index is 12.5. The highest BCUT2D eigenvalue weighted by Crippen LogP contribution is 2.32. The van der Waals surface area contributed by atoms with Gasteiger partial charge in [0.15, 0.2) is 0 Å². The number of amides is 1. The van der Waals surface area contributed by atoms with Crippen LogP contribution >= 0.6 is 0 Å². The first-order valence-corrected chi connectivity index (χ1v) is 11.5. The van der Waals surface area contributed by atoms with Crippen molar-refractivity contribution in [2.75, 3.05) is 16.8 Å². The highest BCUT2D eigenvalue weighted by molar-refractivity contribution is 5.93. The van der Waals surface area contributed by atoms with Crippen molar-refractivity contribution in [3.63, 3.8) is 0 Å². The standard InChI is InChI=1S/C27H38N2O2/c1-18(2)31-24-11-10-22-17-29(12-8-9-21(22)15-24)23-13-19(3)26(20(4)14-23)28-25(30)16-27(5,6)7/h10-11,13-15,18H,8-9,12,16-17H2,1-7H3,(H,28,30). The highest BCUT2D eigenvalue weighted by Gasteiger charge is 2.20. The minimum absolute atomic E-state index is 0.0225. The molecule has 3 rings (SSSR count). The fraction of sp³-hybridized carbons (Fsp3) is 0.519. The summed E-state index contributed by atoms with van der Waals surface area (Å²) >= 11 is 0. The van der Waals surface area contributed by atoms with E-state index in [4.69, 9.17) is 4.74 Å². The van der Waals surface area contributed by atoms with Gasteiger partial charge in [0, 0.05) is 30.9 Å². The largest absolute Gasteiger partial charge is 0.491 e. The average Bonchev–Trinajstić information content (AvgIpc) is 2.84. The molecule has 4 nitrogen and oxygen atoms in total. The van der Waals surface area contributed by atoms with Gasteiger partial charge in [0.1, 0.15) is 5.75 Å². The van der Waals surface area contributed by atoms with E-state index < -0.39 is 0 Å². The van der Waals surface area contributed by atoms with Crippen LogP contribution in [0, 0.1) is 19.3 Å². The summed E-state index contributed by atoms with van der Waals surface area (Å²) in [5, 5.41) is 3.14. The van der Waals surface area contributed by atoms with E-state index >= 15 is 0 Å². The number of benzene rings is 2. The molecule has 0 aromatic heterocycles. The summed E-state index contributed by atoms with van der Waals surface area (Å²) in [6.45, 7) is 16.5. The molecule has 168 valence electrons. The number of fused-ring (bicyclic) bond motifs is 1. The number of hydrogen-bond acceptors (Lipinski definition) is 3. The van der Waals surface area contributed by atoms with E-state index in [1.54, 1.807) is 0 Å². The monoisotopic (exact) mass is 422 g/mol. The van der Waals surface area contributed by atoms with Gasteiger partial charge < -0.3 is 15.0 Å². The van der Waals surface area contributed by atoms with Gasteiger partial charge in [0.2, 0.25) is 5.91 Å². The molecule has 1 aliphatic rings. The molecule has 0 radical (unpaired) electrons. The smallest absolute Gasteiger partial charge is 0.224 e. The Morgan fingerprint density at radius 1 is 1.10 bits per heavy atom. The number of nitrogens with zero attached hydrogens (tertiary/aromatic N) is 1. The van der Waals surface area contributed by atoms with E-state index in [9.17, 15) is 4.79 Å². The van der Waals surface area contributed by atoms with Crippen molar-refractivity contribution in [3.8, 4) is 5.75 Å². The Kier molecular flexibility index (Phi) is 6.98. The Bertz CT molecular complexity index is 918. The topological polar surface area (TPSA) is 41.6 Å². The van der Waals surface area contributed by atoms with Gasteiger partial charge in [-0.15, -0.1) is 0 Å². The Morgan fingerprint density at radius 2 is 1.77 bits per heavy atom. The first kappa shape index (κ1) is 23.2. The third-order valence-corrected chi connectivity index (χ3v) is 5.62. The Balaban J connectivity index is 1.79. The fourth-order valence-electron chi connectivity index (χ4n) is 4.29. The van der Waals surface area contributed by atoms with Crippen LogP contribution < -0.4 is 15.0 Å². The number of hydrogen-bond donors (Lipinski definition) is 1. The minimum atomic E-state index is -0.0225. The van der Waals surface area contributed by atoms with Gasteiger partial charge in [-0.3, -0.25) is 4.79 Å². The third-order valence-electron chi connectivity index (χ3n) is 5.62. The fourth-order valence-corrected chi connectivity index (χ4v) is 4.29. The van der Waals surface area contributed by atoms with E-state index in [1.165, 1.54) is 16.8 Å². The molecule has 1 amide bonds. The van der Waals surface area contributed by atoms with Gasteiger partial charge in [-0.2, -0.15) is 0 Å². The lowest BCUT2D eigenvalue weighted by Gasteiger charge is -2.26. The number of ether oxygens (including phenoxy) is 1. The van der Waals surface area contributed by atoms with Gasteiger partial charge in [-0.05, 0) is 92.5 Å². The molecule has 0 spiro atoms. The van der Waals surface area contributed by atoms with Crippen LogP contribution in [0.3, 0.4) is 0 Å². The Morgan fingerprint density at radius 3 is 2.39 bits per heavy atom. The predicted octanol–water partition coefficient (Wildman–Crippen LogP) is 6.42. The van der Waals surface area contributed by atoms with Crippen molar-refractivity contribution in [1.29, 1.82) is 0 Å². The minimum Gasteiger partial charge on any atom is -0.491 e. The summed E-state index contributed by atoms with van der Waals surface area (Å²) in [6.07, 6.45) is 2.88. The molecule has 2 aromatic rings. The van der Waals surface area contributed by atoms with Crippen LogP contribution in [0.25, 0.3) is 0 Å². The lowest BCUT2D eigenvalue weighted by molar-refractivity contribution is -0.117. The second-order valence-electron chi connectivity index (χ2n) is 10.4. The first-order chi connectivity index (χ1) is 14.5. The summed E-state index contributed by atoms with van der Waals surface area (Å²) < 4.78 is 5.89. The zero-order chi connectivity index (χ0) is 22.8. The van der Waals surface area contributed by atoms with E-state index in [0.29, 0.717) is 6.42 Å². The molecule has 1 N–H and O–H groups in total. The van der Waals surface area contributed by atoms with Gasteiger partial charge in [-0.25, -0.2) is 0 Å². The summed E-state index contributed by atoms with van der Waals surface area (Å²) in [5.74, 6) is 1.04. The molecule has 0 atom stereocenters. The quantitative estimate of drug-likeness (QED) is 0.605. The third kappa shape index (κ3) is 6.25. The second kappa shape index (κ2) is 9.33.